The van der Waals surface area contributed by atoms with Crippen LogP contribution in [0.1, 0.15) is 26.3 Å². The lowest BCUT2D eigenvalue weighted by atomic mass is 9.92. The molecule has 0 amide bonds. The minimum atomic E-state index is -0.717. The number of nitro groups is 1. The first kappa shape index (κ1) is 15.4. The molecule has 120 valence electrons. The molecule has 2 aromatic rings. The van der Waals surface area contributed by atoms with Crippen LogP contribution in [0.2, 0.25) is 0 Å². The van der Waals surface area contributed by atoms with Crippen LogP contribution in [-0.4, -0.2) is 21.6 Å². The van der Waals surface area contributed by atoms with Crippen molar-refractivity contribution in [3.05, 3.63) is 75.0 Å². The Bertz CT molecular complexity index is 931. The van der Waals surface area contributed by atoms with E-state index in [4.69, 9.17) is 0 Å². The highest BCUT2D eigenvalue weighted by molar-refractivity contribution is 6.25. The van der Waals surface area contributed by atoms with Gasteiger partial charge in [-0.15, -0.1) is 0 Å². The number of carbonyl (C=O) groups excluding carboxylic acids is 2. The highest BCUT2D eigenvalue weighted by Gasteiger charge is 2.26. The number of aryl methyl sites for hydroxylation is 1. The number of carbonyl (C=O) groups is 2. The lowest BCUT2D eigenvalue weighted by Gasteiger charge is -2.16. The number of nitro benzene ring substituents is 1. The molecule has 0 aliphatic heterocycles. The number of phenolic OH excluding ortho intramolecular Hbond substituents is 1. The molecule has 0 saturated heterocycles. The molecule has 0 heterocycles. The third kappa shape index (κ3) is 2.52. The van der Waals surface area contributed by atoms with Crippen LogP contribution in [0, 0.1) is 17.0 Å². The first-order valence-corrected chi connectivity index (χ1v) is 7.03. The number of anilines is 1. The average Bonchev–Trinajstić information content (AvgIpc) is 2.55. The number of phenols is 1. The van der Waals surface area contributed by atoms with E-state index in [9.17, 15) is 24.8 Å². The highest BCUT2D eigenvalue weighted by Crippen LogP contribution is 2.33. The molecule has 1 aliphatic rings. The third-order valence-corrected chi connectivity index (χ3v) is 3.71. The predicted molar refractivity (Wildman–Crippen MR) is 86.3 cm³/mol. The minimum Gasteiger partial charge on any atom is -0.502 e. The molecule has 0 atom stereocenters. The molecular weight excluding hydrogens is 312 g/mol. The molecule has 3 rings (SSSR count). The van der Waals surface area contributed by atoms with Crippen molar-refractivity contribution in [1.82, 2.24) is 0 Å². The Morgan fingerprint density at radius 3 is 2.46 bits per heavy atom. The highest BCUT2D eigenvalue weighted by atomic mass is 16.6. The monoisotopic (exact) mass is 324 g/mol. The van der Waals surface area contributed by atoms with Gasteiger partial charge in [-0.05, 0) is 13.0 Å². The number of hydrogen-bond acceptors (Lipinski definition) is 6. The molecule has 2 N–H and O–H groups in total. The van der Waals surface area contributed by atoms with Crippen LogP contribution in [0.5, 0.6) is 5.75 Å². The van der Waals surface area contributed by atoms with Gasteiger partial charge < -0.3 is 10.4 Å². The molecule has 0 bridgehead atoms. The van der Waals surface area contributed by atoms with Gasteiger partial charge in [-0.25, -0.2) is 0 Å². The van der Waals surface area contributed by atoms with Crippen LogP contribution >= 0.6 is 0 Å². The number of benzene rings is 2. The van der Waals surface area contributed by atoms with Crippen LogP contribution in [-0.2, 0) is 0 Å². The maximum Gasteiger partial charge on any atom is 0.313 e. The Labute approximate surface area is 136 Å². The van der Waals surface area contributed by atoms with Crippen molar-refractivity contribution < 1.29 is 19.6 Å². The van der Waals surface area contributed by atoms with Gasteiger partial charge in [-0.1, -0.05) is 24.3 Å². The minimum absolute atomic E-state index is 0.0260. The first-order chi connectivity index (χ1) is 11.4. The topological polar surface area (TPSA) is 110 Å². The Balaban J connectivity index is 2.00. The molecule has 24 heavy (non-hydrogen) atoms. The summed E-state index contributed by atoms with van der Waals surface area (Å²) in [5.41, 5.74) is 0.663. The van der Waals surface area contributed by atoms with Crippen LogP contribution in [0.4, 0.5) is 11.4 Å². The summed E-state index contributed by atoms with van der Waals surface area (Å²) < 4.78 is 0. The Morgan fingerprint density at radius 2 is 1.79 bits per heavy atom. The zero-order valence-corrected chi connectivity index (χ0v) is 12.6. The second-order valence-electron chi connectivity index (χ2n) is 5.34. The van der Waals surface area contributed by atoms with Gasteiger partial charge in [0.1, 0.15) is 0 Å². The van der Waals surface area contributed by atoms with Crippen molar-refractivity contribution in [3.63, 3.8) is 0 Å². The van der Waals surface area contributed by atoms with Crippen LogP contribution in [0.15, 0.2) is 48.2 Å². The zero-order valence-electron chi connectivity index (χ0n) is 12.6. The Kier molecular flexibility index (Phi) is 3.61. The number of ketones is 2. The molecule has 2 aromatic carbocycles. The molecule has 1 aliphatic carbocycles. The number of allylic oxidation sites excluding steroid dienone is 2. The molecule has 0 spiro atoms. The van der Waals surface area contributed by atoms with Crippen LogP contribution in [0.25, 0.3) is 0 Å². The second-order valence-corrected chi connectivity index (χ2v) is 5.34. The Morgan fingerprint density at radius 1 is 1.12 bits per heavy atom. The number of nitrogens with zero attached hydrogens (tertiary/aromatic N) is 1. The molecule has 7 heteroatoms. The van der Waals surface area contributed by atoms with E-state index in [1.165, 1.54) is 19.1 Å². The van der Waals surface area contributed by atoms with Gasteiger partial charge in [-0.3, -0.25) is 19.7 Å². The van der Waals surface area contributed by atoms with Gasteiger partial charge in [0.2, 0.25) is 5.78 Å². The maximum atomic E-state index is 12.5. The SMILES string of the molecule is Cc1cc(NC2=CC(=O)c3ccccc3C2=O)cc([N+](=O)[O-])c1O. The summed E-state index contributed by atoms with van der Waals surface area (Å²) in [5.74, 6) is -1.13. The van der Waals surface area contributed by atoms with Crippen molar-refractivity contribution in [2.75, 3.05) is 5.32 Å². The second kappa shape index (κ2) is 5.62. The fraction of sp³-hybridized carbons (Fsp3) is 0.0588. The van der Waals surface area contributed by atoms with Gasteiger partial charge >= 0.3 is 5.69 Å². The molecule has 0 saturated carbocycles. The van der Waals surface area contributed by atoms with Crippen molar-refractivity contribution in [3.8, 4) is 5.75 Å². The molecule has 0 aromatic heterocycles. The maximum absolute atomic E-state index is 12.5. The number of fused-ring (bicyclic) bond motifs is 1. The van der Waals surface area contributed by atoms with E-state index in [0.29, 0.717) is 5.56 Å². The lowest BCUT2D eigenvalue weighted by molar-refractivity contribution is -0.385. The van der Waals surface area contributed by atoms with Crippen LogP contribution in [0.3, 0.4) is 0 Å². The van der Waals surface area contributed by atoms with Crippen molar-refractivity contribution >= 4 is 22.9 Å². The number of Topliss-reactive ketones (excluding diaryl/α,β-unsaturated/α-hetero) is 1. The number of rotatable bonds is 3. The predicted octanol–water partition coefficient (Wildman–Crippen LogP) is 2.98. The van der Waals surface area contributed by atoms with Gasteiger partial charge in [0.05, 0.1) is 10.6 Å². The summed E-state index contributed by atoms with van der Waals surface area (Å²) >= 11 is 0. The van der Waals surface area contributed by atoms with E-state index in [0.717, 1.165) is 6.07 Å². The van der Waals surface area contributed by atoms with E-state index in [1.807, 2.05) is 0 Å². The van der Waals surface area contributed by atoms with Crippen LogP contribution < -0.4 is 5.32 Å². The summed E-state index contributed by atoms with van der Waals surface area (Å²) in [6, 6.07) is 9.02. The number of nitrogens with one attached hydrogen (secondary N) is 1. The zero-order chi connectivity index (χ0) is 17.4. The first-order valence-electron chi connectivity index (χ1n) is 7.03. The lowest BCUT2D eigenvalue weighted by Crippen LogP contribution is -2.21. The number of hydrogen-bond donors (Lipinski definition) is 2. The van der Waals surface area contributed by atoms with Gasteiger partial charge in [0.25, 0.3) is 0 Å². The van der Waals surface area contributed by atoms with Gasteiger partial charge in [0.15, 0.2) is 11.5 Å². The number of aromatic hydroxyl groups is 1. The van der Waals surface area contributed by atoms with Crippen molar-refractivity contribution in [2.45, 2.75) is 6.92 Å². The van der Waals surface area contributed by atoms with Crippen molar-refractivity contribution in [2.24, 2.45) is 0 Å². The molecule has 0 radical (unpaired) electrons. The van der Waals surface area contributed by atoms with E-state index in [1.54, 1.807) is 24.3 Å². The van der Waals surface area contributed by atoms with Gasteiger partial charge in [-0.2, -0.15) is 0 Å². The summed E-state index contributed by atoms with van der Waals surface area (Å²) in [7, 11) is 0. The van der Waals surface area contributed by atoms with E-state index in [-0.39, 0.29) is 34.1 Å². The van der Waals surface area contributed by atoms with Crippen molar-refractivity contribution in [1.29, 1.82) is 0 Å². The quantitative estimate of drug-likeness (QED) is 0.510. The molecule has 7 nitrogen and oxygen atoms in total. The normalized spacial score (nSPS) is 13.3. The fourth-order valence-electron chi connectivity index (χ4n) is 2.54. The van der Waals surface area contributed by atoms with E-state index in [2.05, 4.69) is 5.32 Å². The Hall–Kier alpha value is -3.48. The molecular formula is C17H12N2O5. The summed E-state index contributed by atoms with van der Waals surface area (Å²) in [5, 5.41) is 23.4. The fourth-order valence-corrected chi connectivity index (χ4v) is 2.54. The van der Waals surface area contributed by atoms with E-state index >= 15 is 0 Å². The summed E-state index contributed by atoms with van der Waals surface area (Å²) in [6.45, 7) is 1.50. The third-order valence-electron chi connectivity index (χ3n) is 3.71. The largest absolute Gasteiger partial charge is 0.502 e. The smallest absolute Gasteiger partial charge is 0.313 e. The average molecular weight is 324 g/mol. The molecule has 0 unspecified atom stereocenters. The molecule has 0 fully saturated rings. The van der Waals surface area contributed by atoms with Gasteiger partial charge in [0, 0.05) is 34.5 Å². The standard InChI is InChI=1S/C17H12N2O5/c1-9-6-10(7-14(16(9)21)19(23)24)18-13-8-15(20)11-4-2-3-5-12(11)17(13)22/h2-8,18,21H,1H3. The summed E-state index contributed by atoms with van der Waals surface area (Å²) in [4.78, 5) is 34.8. The van der Waals surface area contributed by atoms with E-state index < -0.39 is 16.4 Å². The summed E-state index contributed by atoms with van der Waals surface area (Å²) in [6.07, 6.45) is 1.17.